The van der Waals surface area contributed by atoms with E-state index in [-0.39, 0.29) is 30.3 Å². The van der Waals surface area contributed by atoms with Crippen LogP contribution in [0.4, 0.5) is 8.78 Å². The second kappa shape index (κ2) is 8.22. The highest BCUT2D eigenvalue weighted by Gasteiger charge is 2.15. The Labute approximate surface area is 158 Å². The lowest BCUT2D eigenvalue weighted by Gasteiger charge is -2.12. The van der Waals surface area contributed by atoms with Crippen molar-refractivity contribution in [1.82, 2.24) is 14.9 Å². The highest BCUT2D eigenvalue weighted by Crippen LogP contribution is 2.16. The van der Waals surface area contributed by atoms with Gasteiger partial charge >= 0.3 is 0 Å². The fraction of sp³-hybridized carbons (Fsp3) is 0.100. The van der Waals surface area contributed by atoms with Crippen LogP contribution in [0, 0.1) is 23.0 Å². The van der Waals surface area contributed by atoms with Gasteiger partial charge in [-0.3, -0.25) is 14.2 Å². The maximum atomic E-state index is 13.2. The lowest BCUT2D eigenvalue weighted by molar-refractivity contribution is -0.121. The molecule has 0 fully saturated rings. The molecule has 3 rings (SSSR count). The van der Waals surface area contributed by atoms with Gasteiger partial charge < -0.3 is 5.32 Å². The Bertz CT molecular complexity index is 1100. The lowest BCUT2D eigenvalue weighted by atomic mass is 10.2. The van der Waals surface area contributed by atoms with Crippen LogP contribution in [0.5, 0.6) is 0 Å². The van der Waals surface area contributed by atoms with Gasteiger partial charge in [-0.05, 0) is 42.0 Å². The molecule has 0 aliphatic rings. The zero-order valence-corrected chi connectivity index (χ0v) is 14.5. The second-order valence-electron chi connectivity index (χ2n) is 5.91. The molecular weight excluding hydrogens is 366 g/mol. The van der Waals surface area contributed by atoms with Gasteiger partial charge in [0.15, 0.2) is 0 Å². The first-order chi connectivity index (χ1) is 13.5. The van der Waals surface area contributed by atoms with Crippen LogP contribution < -0.4 is 10.9 Å². The highest BCUT2D eigenvalue weighted by molar-refractivity contribution is 5.76. The van der Waals surface area contributed by atoms with Gasteiger partial charge in [0.1, 0.15) is 35.6 Å². The van der Waals surface area contributed by atoms with Crippen LogP contribution in [0.2, 0.25) is 0 Å². The maximum absolute atomic E-state index is 13.2. The number of nitrogens with one attached hydrogen (secondary N) is 1. The normalized spacial score (nSPS) is 10.3. The molecule has 0 spiro atoms. The average molecular weight is 380 g/mol. The largest absolute Gasteiger partial charge is 0.350 e. The molecule has 0 unspecified atom stereocenters. The molecular formula is C20H14F2N4O2. The third-order valence-corrected chi connectivity index (χ3v) is 3.97. The number of aromatic nitrogens is 2. The average Bonchev–Trinajstić information content (AvgIpc) is 2.70. The summed E-state index contributed by atoms with van der Waals surface area (Å²) in [6.07, 6.45) is 1.12. The third-order valence-electron chi connectivity index (χ3n) is 3.97. The molecule has 28 heavy (non-hydrogen) atoms. The molecule has 2 aromatic carbocycles. The fourth-order valence-corrected chi connectivity index (χ4v) is 2.55. The third kappa shape index (κ3) is 4.27. The van der Waals surface area contributed by atoms with Crippen LogP contribution >= 0.6 is 0 Å². The molecule has 140 valence electrons. The number of nitriles is 1. The molecule has 1 amide bonds. The van der Waals surface area contributed by atoms with Crippen molar-refractivity contribution in [2.75, 3.05) is 0 Å². The predicted molar refractivity (Wildman–Crippen MR) is 96.9 cm³/mol. The Morgan fingerprint density at radius 1 is 1.07 bits per heavy atom. The van der Waals surface area contributed by atoms with Gasteiger partial charge in [0, 0.05) is 12.1 Å². The number of hydrogen-bond donors (Lipinski definition) is 1. The Kier molecular flexibility index (Phi) is 5.56. The maximum Gasteiger partial charge on any atom is 0.272 e. The van der Waals surface area contributed by atoms with Crippen LogP contribution in [-0.2, 0) is 17.9 Å². The van der Waals surface area contributed by atoms with Crippen molar-refractivity contribution in [3.05, 3.63) is 87.8 Å². The Balaban J connectivity index is 1.85. The van der Waals surface area contributed by atoms with Crippen LogP contribution in [-0.4, -0.2) is 15.5 Å². The summed E-state index contributed by atoms with van der Waals surface area (Å²) in [6, 6.07) is 12.6. The number of amides is 1. The number of carbonyl (C=O) groups is 1. The van der Waals surface area contributed by atoms with E-state index in [1.54, 1.807) is 6.07 Å². The molecule has 0 aliphatic carbocycles. The van der Waals surface area contributed by atoms with E-state index in [0.29, 0.717) is 11.1 Å². The first-order valence-corrected chi connectivity index (χ1v) is 8.25. The molecule has 6 nitrogen and oxygen atoms in total. The molecule has 0 saturated carbocycles. The van der Waals surface area contributed by atoms with E-state index < -0.39 is 17.3 Å². The second-order valence-corrected chi connectivity index (χ2v) is 5.91. The topological polar surface area (TPSA) is 87.8 Å². The van der Waals surface area contributed by atoms with E-state index >= 15 is 0 Å². The SMILES string of the molecule is N#Cc1cnc(-c2ccc(F)cc2)n(CC(=O)NCc2ccc(F)cc2)c1=O. The van der Waals surface area contributed by atoms with Gasteiger partial charge in [-0.2, -0.15) is 5.26 Å². The first-order valence-electron chi connectivity index (χ1n) is 8.25. The Morgan fingerprint density at radius 2 is 1.68 bits per heavy atom. The van der Waals surface area contributed by atoms with Crippen LogP contribution in [0.25, 0.3) is 11.4 Å². The lowest BCUT2D eigenvalue weighted by Crippen LogP contribution is -2.34. The standard InChI is InChI=1S/C20H14F2N4O2/c21-16-5-1-13(2-6-16)10-24-18(27)12-26-19(14-3-7-17(22)8-4-14)25-11-15(9-23)20(26)28/h1-8,11H,10,12H2,(H,24,27). The van der Waals surface area contributed by atoms with Crippen molar-refractivity contribution >= 4 is 5.91 Å². The van der Waals surface area contributed by atoms with Crippen LogP contribution in [0.15, 0.2) is 59.5 Å². The van der Waals surface area contributed by atoms with E-state index in [2.05, 4.69) is 10.3 Å². The summed E-state index contributed by atoms with van der Waals surface area (Å²) in [6.45, 7) is -0.236. The molecule has 0 bridgehead atoms. The molecule has 0 radical (unpaired) electrons. The van der Waals surface area contributed by atoms with Gasteiger partial charge in [-0.25, -0.2) is 13.8 Å². The number of nitrogens with zero attached hydrogens (tertiary/aromatic N) is 3. The van der Waals surface area contributed by atoms with E-state index in [4.69, 9.17) is 5.26 Å². The van der Waals surface area contributed by atoms with Crippen molar-refractivity contribution < 1.29 is 13.6 Å². The highest BCUT2D eigenvalue weighted by atomic mass is 19.1. The molecule has 1 N–H and O–H groups in total. The van der Waals surface area contributed by atoms with Gasteiger partial charge in [-0.15, -0.1) is 0 Å². The molecule has 0 atom stereocenters. The number of carbonyl (C=O) groups excluding carboxylic acids is 1. The molecule has 8 heteroatoms. The van der Waals surface area contributed by atoms with Gasteiger partial charge in [-0.1, -0.05) is 12.1 Å². The van der Waals surface area contributed by atoms with E-state index in [9.17, 15) is 18.4 Å². The smallest absolute Gasteiger partial charge is 0.272 e. The monoisotopic (exact) mass is 380 g/mol. The fourth-order valence-electron chi connectivity index (χ4n) is 2.55. The summed E-state index contributed by atoms with van der Waals surface area (Å²) in [5, 5.41) is 11.7. The zero-order chi connectivity index (χ0) is 20.1. The first kappa shape index (κ1) is 18.9. The van der Waals surface area contributed by atoms with Crippen molar-refractivity contribution in [2.24, 2.45) is 0 Å². The summed E-state index contributed by atoms with van der Waals surface area (Å²) < 4.78 is 27.2. The summed E-state index contributed by atoms with van der Waals surface area (Å²) in [7, 11) is 0. The van der Waals surface area contributed by atoms with E-state index in [1.165, 1.54) is 48.5 Å². The van der Waals surface area contributed by atoms with Gasteiger partial charge in [0.05, 0.1) is 6.20 Å². The number of halogens is 2. The Morgan fingerprint density at radius 3 is 2.29 bits per heavy atom. The van der Waals surface area contributed by atoms with Crippen molar-refractivity contribution in [1.29, 1.82) is 5.26 Å². The number of hydrogen-bond acceptors (Lipinski definition) is 4. The molecule has 1 heterocycles. The molecule has 1 aromatic heterocycles. The quantitative estimate of drug-likeness (QED) is 0.736. The summed E-state index contributed by atoms with van der Waals surface area (Å²) >= 11 is 0. The minimum Gasteiger partial charge on any atom is -0.350 e. The summed E-state index contributed by atoms with van der Waals surface area (Å²) in [5.41, 5.74) is 0.227. The number of rotatable bonds is 5. The van der Waals surface area contributed by atoms with Crippen LogP contribution in [0.3, 0.4) is 0 Å². The Hall–Kier alpha value is -3.86. The zero-order valence-electron chi connectivity index (χ0n) is 14.5. The summed E-state index contributed by atoms with van der Waals surface area (Å²) in [5.74, 6) is -1.19. The van der Waals surface area contributed by atoms with Crippen molar-refractivity contribution in [3.8, 4) is 17.5 Å². The summed E-state index contributed by atoms with van der Waals surface area (Å²) in [4.78, 5) is 28.9. The minimum absolute atomic E-state index is 0.140. The number of benzene rings is 2. The molecule has 0 saturated heterocycles. The molecule has 0 aliphatic heterocycles. The predicted octanol–water partition coefficient (Wildman–Crippen LogP) is 2.38. The minimum atomic E-state index is -0.672. The van der Waals surface area contributed by atoms with Crippen molar-refractivity contribution in [3.63, 3.8) is 0 Å². The van der Waals surface area contributed by atoms with Crippen molar-refractivity contribution in [2.45, 2.75) is 13.1 Å². The van der Waals surface area contributed by atoms with E-state index in [1.807, 2.05) is 0 Å². The van der Waals surface area contributed by atoms with Gasteiger partial charge in [0.25, 0.3) is 5.56 Å². The molecule has 3 aromatic rings. The van der Waals surface area contributed by atoms with Gasteiger partial charge in [0.2, 0.25) is 5.91 Å². The van der Waals surface area contributed by atoms with E-state index in [0.717, 1.165) is 10.8 Å². The van der Waals surface area contributed by atoms with Crippen LogP contribution in [0.1, 0.15) is 11.1 Å².